The SMILES string of the molecule is Nc1ccc(-c2ccc3cnccc3c2[N+](=O)[O-])cc1. The Morgan fingerprint density at radius 2 is 1.80 bits per heavy atom. The van der Waals surface area contributed by atoms with Gasteiger partial charge in [-0.15, -0.1) is 0 Å². The smallest absolute Gasteiger partial charge is 0.285 e. The van der Waals surface area contributed by atoms with Gasteiger partial charge in [0, 0.05) is 23.5 Å². The molecule has 0 atom stereocenters. The Hall–Kier alpha value is -2.95. The summed E-state index contributed by atoms with van der Waals surface area (Å²) in [7, 11) is 0. The number of hydrogen-bond acceptors (Lipinski definition) is 4. The number of nitro groups is 1. The molecular weight excluding hydrogens is 254 g/mol. The van der Waals surface area contributed by atoms with Crippen molar-refractivity contribution in [3.63, 3.8) is 0 Å². The molecule has 0 aliphatic rings. The molecule has 0 bridgehead atoms. The minimum absolute atomic E-state index is 0.0923. The van der Waals surface area contributed by atoms with Crippen LogP contribution in [0.15, 0.2) is 54.9 Å². The van der Waals surface area contributed by atoms with Crippen LogP contribution in [0, 0.1) is 10.1 Å². The Kier molecular flexibility index (Phi) is 2.80. The van der Waals surface area contributed by atoms with Crippen LogP contribution in [-0.4, -0.2) is 9.91 Å². The molecule has 0 amide bonds. The Bertz CT molecular complexity index is 798. The zero-order chi connectivity index (χ0) is 14.1. The van der Waals surface area contributed by atoms with Gasteiger partial charge in [0.1, 0.15) is 0 Å². The first-order valence-electron chi connectivity index (χ1n) is 6.04. The molecule has 1 heterocycles. The maximum Gasteiger partial charge on any atom is 0.285 e. The van der Waals surface area contributed by atoms with Gasteiger partial charge in [-0.05, 0) is 29.8 Å². The zero-order valence-electron chi connectivity index (χ0n) is 10.5. The molecule has 3 rings (SSSR count). The number of nitro benzene ring substituents is 1. The van der Waals surface area contributed by atoms with Crippen LogP contribution in [0.1, 0.15) is 0 Å². The van der Waals surface area contributed by atoms with Gasteiger partial charge < -0.3 is 5.73 Å². The van der Waals surface area contributed by atoms with Crippen LogP contribution in [0.25, 0.3) is 21.9 Å². The third-order valence-electron chi connectivity index (χ3n) is 3.20. The number of pyridine rings is 1. The summed E-state index contributed by atoms with van der Waals surface area (Å²) in [5.41, 5.74) is 7.72. The van der Waals surface area contributed by atoms with Gasteiger partial charge in [0.25, 0.3) is 5.69 Å². The van der Waals surface area contributed by atoms with Gasteiger partial charge in [0.15, 0.2) is 0 Å². The summed E-state index contributed by atoms with van der Waals surface area (Å²) in [6.07, 6.45) is 3.18. The second-order valence-corrected chi connectivity index (χ2v) is 4.44. The minimum atomic E-state index is -0.353. The molecule has 0 saturated carbocycles. The van der Waals surface area contributed by atoms with Crippen molar-refractivity contribution in [3.05, 3.63) is 65.0 Å². The molecule has 0 spiro atoms. The van der Waals surface area contributed by atoms with Crippen molar-refractivity contribution >= 4 is 22.1 Å². The lowest BCUT2D eigenvalue weighted by atomic mass is 9.99. The van der Waals surface area contributed by atoms with E-state index in [2.05, 4.69) is 4.98 Å². The molecule has 5 nitrogen and oxygen atoms in total. The first-order valence-corrected chi connectivity index (χ1v) is 6.04. The van der Waals surface area contributed by atoms with Crippen LogP contribution in [0.4, 0.5) is 11.4 Å². The van der Waals surface area contributed by atoms with Crippen LogP contribution in [0.2, 0.25) is 0 Å². The molecule has 2 aromatic carbocycles. The summed E-state index contributed by atoms with van der Waals surface area (Å²) >= 11 is 0. The van der Waals surface area contributed by atoms with Crippen molar-refractivity contribution in [2.45, 2.75) is 0 Å². The number of nitrogens with zero attached hydrogens (tertiary/aromatic N) is 2. The van der Waals surface area contributed by atoms with Gasteiger partial charge in [-0.25, -0.2) is 0 Å². The van der Waals surface area contributed by atoms with E-state index < -0.39 is 0 Å². The van der Waals surface area contributed by atoms with E-state index in [1.165, 1.54) is 0 Å². The average Bonchev–Trinajstić information content (AvgIpc) is 2.46. The highest BCUT2D eigenvalue weighted by Crippen LogP contribution is 2.36. The molecule has 98 valence electrons. The lowest BCUT2D eigenvalue weighted by Gasteiger charge is -2.06. The Morgan fingerprint density at radius 1 is 1.05 bits per heavy atom. The van der Waals surface area contributed by atoms with Crippen molar-refractivity contribution in [1.29, 1.82) is 0 Å². The fraction of sp³-hybridized carbons (Fsp3) is 0. The van der Waals surface area contributed by atoms with Crippen LogP contribution in [0.5, 0.6) is 0 Å². The lowest BCUT2D eigenvalue weighted by Crippen LogP contribution is -1.94. The van der Waals surface area contributed by atoms with Gasteiger partial charge in [-0.1, -0.05) is 18.2 Å². The second-order valence-electron chi connectivity index (χ2n) is 4.44. The van der Waals surface area contributed by atoms with Crippen molar-refractivity contribution in [2.24, 2.45) is 0 Å². The van der Waals surface area contributed by atoms with Crippen LogP contribution in [0.3, 0.4) is 0 Å². The van der Waals surface area contributed by atoms with Crippen LogP contribution < -0.4 is 5.73 Å². The molecule has 3 aromatic rings. The maximum absolute atomic E-state index is 11.4. The lowest BCUT2D eigenvalue weighted by molar-refractivity contribution is -0.382. The standard InChI is InChI=1S/C15H11N3O2/c16-12-4-1-10(2-5-12)13-6-3-11-9-17-8-7-14(11)15(13)18(19)20/h1-9H,16H2. The van der Waals surface area contributed by atoms with Gasteiger partial charge in [-0.2, -0.15) is 0 Å². The first kappa shape index (κ1) is 12.1. The Balaban J connectivity index is 2.33. The number of aromatic nitrogens is 1. The molecule has 1 aromatic heterocycles. The molecule has 0 aliphatic carbocycles. The maximum atomic E-state index is 11.4. The largest absolute Gasteiger partial charge is 0.399 e. The Labute approximate surface area is 114 Å². The van der Waals surface area contributed by atoms with Gasteiger partial charge in [0.2, 0.25) is 0 Å². The molecule has 5 heteroatoms. The molecule has 0 aliphatic heterocycles. The quantitative estimate of drug-likeness (QED) is 0.437. The number of nitrogens with two attached hydrogens (primary N) is 1. The minimum Gasteiger partial charge on any atom is -0.399 e. The van der Waals surface area contributed by atoms with E-state index in [0.29, 0.717) is 16.6 Å². The van der Waals surface area contributed by atoms with E-state index in [1.807, 2.05) is 6.07 Å². The average molecular weight is 265 g/mol. The predicted octanol–water partition coefficient (Wildman–Crippen LogP) is 3.39. The van der Waals surface area contributed by atoms with Gasteiger partial charge in [-0.3, -0.25) is 15.1 Å². The molecule has 2 N–H and O–H groups in total. The highest BCUT2D eigenvalue weighted by molar-refractivity contribution is 5.97. The molecule has 0 saturated heterocycles. The monoisotopic (exact) mass is 265 g/mol. The normalized spacial score (nSPS) is 10.6. The third-order valence-corrected chi connectivity index (χ3v) is 3.20. The van der Waals surface area contributed by atoms with E-state index in [9.17, 15) is 10.1 Å². The summed E-state index contributed by atoms with van der Waals surface area (Å²) in [6.45, 7) is 0. The molecule has 0 radical (unpaired) electrons. The van der Waals surface area contributed by atoms with E-state index >= 15 is 0 Å². The van der Waals surface area contributed by atoms with E-state index in [0.717, 1.165) is 10.9 Å². The second kappa shape index (κ2) is 4.62. The molecule has 0 unspecified atom stereocenters. The van der Waals surface area contributed by atoms with Gasteiger partial charge in [0.05, 0.1) is 15.9 Å². The first-order chi connectivity index (χ1) is 9.66. The van der Waals surface area contributed by atoms with Crippen molar-refractivity contribution in [2.75, 3.05) is 5.73 Å². The molecular formula is C15H11N3O2. The number of hydrogen-bond donors (Lipinski definition) is 1. The zero-order valence-corrected chi connectivity index (χ0v) is 10.5. The molecule has 20 heavy (non-hydrogen) atoms. The highest BCUT2D eigenvalue weighted by atomic mass is 16.6. The Morgan fingerprint density at radius 3 is 2.50 bits per heavy atom. The fourth-order valence-corrected chi connectivity index (χ4v) is 2.24. The highest BCUT2D eigenvalue weighted by Gasteiger charge is 2.19. The van der Waals surface area contributed by atoms with E-state index in [1.54, 1.807) is 48.8 Å². The number of rotatable bonds is 2. The van der Waals surface area contributed by atoms with Crippen molar-refractivity contribution in [1.82, 2.24) is 4.98 Å². The predicted molar refractivity (Wildman–Crippen MR) is 78.2 cm³/mol. The summed E-state index contributed by atoms with van der Waals surface area (Å²) in [6, 6.07) is 12.3. The topological polar surface area (TPSA) is 82.0 Å². The fourth-order valence-electron chi connectivity index (χ4n) is 2.24. The number of nitrogen functional groups attached to an aromatic ring is 1. The van der Waals surface area contributed by atoms with Crippen molar-refractivity contribution in [3.8, 4) is 11.1 Å². The van der Waals surface area contributed by atoms with Gasteiger partial charge >= 0.3 is 0 Å². The van der Waals surface area contributed by atoms with Crippen LogP contribution in [-0.2, 0) is 0 Å². The van der Waals surface area contributed by atoms with E-state index in [4.69, 9.17) is 5.73 Å². The molecule has 0 fully saturated rings. The summed E-state index contributed by atoms with van der Waals surface area (Å²) in [4.78, 5) is 15.1. The van der Waals surface area contributed by atoms with Crippen molar-refractivity contribution < 1.29 is 4.92 Å². The van der Waals surface area contributed by atoms with Crippen LogP contribution >= 0.6 is 0 Å². The summed E-state index contributed by atoms with van der Waals surface area (Å²) < 4.78 is 0. The summed E-state index contributed by atoms with van der Waals surface area (Å²) in [5.74, 6) is 0. The summed E-state index contributed by atoms with van der Waals surface area (Å²) in [5, 5.41) is 12.8. The number of fused-ring (bicyclic) bond motifs is 1. The third kappa shape index (κ3) is 1.95. The number of anilines is 1. The van der Waals surface area contributed by atoms with E-state index in [-0.39, 0.29) is 10.6 Å². The number of benzene rings is 2.